The first kappa shape index (κ1) is 17.4. The normalized spacial score (nSPS) is 14.8. The van der Waals surface area contributed by atoms with Crippen molar-refractivity contribution in [3.8, 4) is 0 Å². The van der Waals surface area contributed by atoms with Crippen molar-refractivity contribution in [1.29, 1.82) is 0 Å². The lowest BCUT2D eigenvalue weighted by Gasteiger charge is -2.10. The van der Waals surface area contributed by atoms with Crippen molar-refractivity contribution >= 4 is 17.3 Å². The summed E-state index contributed by atoms with van der Waals surface area (Å²) in [6.07, 6.45) is 6.77. The quantitative estimate of drug-likeness (QED) is 0.750. The van der Waals surface area contributed by atoms with Crippen LogP contribution in [0, 0.1) is 0 Å². The second-order valence-electron chi connectivity index (χ2n) is 6.30. The van der Waals surface area contributed by atoms with Crippen LogP contribution in [0.2, 0.25) is 0 Å². The maximum atomic E-state index is 12.6. The van der Waals surface area contributed by atoms with E-state index in [1.54, 1.807) is 23.8 Å². The second kappa shape index (κ2) is 8.11. The van der Waals surface area contributed by atoms with E-state index in [0.29, 0.717) is 18.7 Å². The van der Waals surface area contributed by atoms with E-state index in [0.717, 1.165) is 32.1 Å². The number of rotatable bonds is 7. The number of carbonyl (C=O) groups is 2. The summed E-state index contributed by atoms with van der Waals surface area (Å²) < 4.78 is 6.65. The van der Waals surface area contributed by atoms with Crippen LogP contribution in [-0.2, 0) is 4.74 Å². The number of ether oxygens (including phenoxy) is 1. The van der Waals surface area contributed by atoms with Crippen molar-refractivity contribution in [2.45, 2.75) is 38.1 Å². The SMILES string of the molecule is COCCCNC(=O)c1nc(C(=O)NC2CCCC2)n2ccccc12. The molecule has 0 atom stereocenters. The average molecular weight is 344 g/mol. The number of hydrogen-bond donors (Lipinski definition) is 2. The van der Waals surface area contributed by atoms with Crippen molar-refractivity contribution in [2.24, 2.45) is 0 Å². The van der Waals surface area contributed by atoms with Crippen molar-refractivity contribution in [3.05, 3.63) is 35.9 Å². The number of imidazole rings is 1. The van der Waals surface area contributed by atoms with Gasteiger partial charge >= 0.3 is 0 Å². The molecule has 0 aromatic carbocycles. The average Bonchev–Trinajstić information content (AvgIpc) is 3.26. The number of carbonyl (C=O) groups excluding carboxylic acids is 2. The Morgan fingerprint density at radius 3 is 2.84 bits per heavy atom. The topological polar surface area (TPSA) is 84.7 Å². The molecule has 0 aliphatic heterocycles. The second-order valence-corrected chi connectivity index (χ2v) is 6.30. The minimum Gasteiger partial charge on any atom is -0.385 e. The Kier molecular flexibility index (Phi) is 5.65. The van der Waals surface area contributed by atoms with Gasteiger partial charge in [0.1, 0.15) is 0 Å². The highest BCUT2D eigenvalue weighted by Crippen LogP contribution is 2.19. The third-order valence-corrected chi connectivity index (χ3v) is 4.47. The molecule has 1 aliphatic carbocycles. The lowest BCUT2D eigenvalue weighted by atomic mass is 10.2. The molecule has 1 saturated carbocycles. The Bertz CT molecular complexity index is 750. The summed E-state index contributed by atoms with van der Waals surface area (Å²) in [4.78, 5) is 29.4. The number of amides is 2. The molecule has 25 heavy (non-hydrogen) atoms. The van der Waals surface area contributed by atoms with E-state index >= 15 is 0 Å². The highest BCUT2D eigenvalue weighted by Gasteiger charge is 2.24. The molecule has 0 bridgehead atoms. The fourth-order valence-electron chi connectivity index (χ4n) is 3.19. The summed E-state index contributed by atoms with van der Waals surface area (Å²) in [5.41, 5.74) is 0.901. The molecule has 2 amide bonds. The Hall–Kier alpha value is -2.41. The van der Waals surface area contributed by atoms with Crippen molar-refractivity contribution in [2.75, 3.05) is 20.3 Å². The van der Waals surface area contributed by atoms with Crippen LogP contribution in [0.3, 0.4) is 0 Å². The van der Waals surface area contributed by atoms with Gasteiger partial charge in [0.05, 0.1) is 5.52 Å². The van der Waals surface area contributed by atoms with E-state index in [1.165, 1.54) is 0 Å². The fraction of sp³-hybridized carbons (Fsp3) is 0.500. The molecule has 134 valence electrons. The van der Waals surface area contributed by atoms with Crippen molar-refractivity contribution in [3.63, 3.8) is 0 Å². The first-order valence-electron chi connectivity index (χ1n) is 8.76. The smallest absolute Gasteiger partial charge is 0.287 e. The molecule has 0 unspecified atom stereocenters. The van der Waals surface area contributed by atoms with E-state index in [1.807, 2.05) is 12.1 Å². The molecular weight excluding hydrogens is 320 g/mol. The van der Waals surface area contributed by atoms with Gasteiger partial charge in [-0.3, -0.25) is 14.0 Å². The Morgan fingerprint density at radius 1 is 1.28 bits per heavy atom. The largest absolute Gasteiger partial charge is 0.385 e. The van der Waals surface area contributed by atoms with Crippen LogP contribution in [0.15, 0.2) is 24.4 Å². The van der Waals surface area contributed by atoms with Gasteiger partial charge in [-0.05, 0) is 31.4 Å². The summed E-state index contributed by atoms with van der Waals surface area (Å²) >= 11 is 0. The van der Waals surface area contributed by atoms with Gasteiger partial charge in [-0.15, -0.1) is 0 Å². The Balaban J connectivity index is 1.79. The zero-order valence-corrected chi connectivity index (χ0v) is 14.5. The van der Waals surface area contributed by atoms with E-state index in [2.05, 4.69) is 15.6 Å². The zero-order valence-electron chi connectivity index (χ0n) is 14.5. The van der Waals surface area contributed by atoms with E-state index < -0.39 is 0 Å². The molecule has 0 radical (unpaired) electrons. The van der Waals surface area contributed by atoms with Crippen LogP contribution in [-0.4, -0.2) is 47.5 Å². The van der Waals surface area contributed by atoms with Gasteiger partial charge in [-0.1, -0.05) is 18.9 Å². The minimum atomic E-state index is -0.278. The zero-order chi connectivity index (χ0) is 17.6. The lowest BCUT2D eigenvalue weighted by Crippen LogP contribution is -2.34. The van der Waals surface area contributed by atoms with Gasteiger partial charge in [0, 0.05) is 32.5 Å². The molecule has 1 fully saturated rings. The van der Waals surface area contributed by atoms with Crippen LogP contribution in [0.1, 0.15) is 53.2 Å². The van der Waals surface area contributed by atoms with E-state index in [-0.39, 0.29) is 29.4 Å². The summed E-state index contributed by atoms with van der Waals surface area (Å²) in [7, 11) is 1.62. The predicted molar refractivity (Wildman–Crippen MR) is 93.7 cm³/mol. The highest BCUT2D eigenvalue weighted by atomic mass is 16.5. The fourth-order valence-corrected chi connectivity index (χ4v) is 3.19. The first-order chi connectivity index (χ1) is 12.2. The molecule has 0 spiro atoms. The van der Waals surface area contributed by atoms with E-state index in [9.17, 15) is 9.59 Å². The van der Waals surface area contributed by atoms with Gasteiger partial charge in [-0.2, -0.15) is 0 Å². The van der Waals surface area contributed by atoms with E-state index in [4.69, 9.17) is 4.74 Å². The van der Waals surface area contributed by atoms with Gasteiger partial charge in [-0.25, -0.2) is 4.98 Å². The monoisotopic (exact) mass is 344 g/mol. The summed E-state index contributed by atoms with van der Waals surface area (Å²) in [6.45, 7) is 1.08. The molecule has 2 N–H and O–H groups in total. The first-order valence-corrected chi connectivity index (χ1v) is 8.76. The van der Waals surface area contributed by atoms with Gasteiger partial charge in [0.25, 0.3) is 11.8 Å². The number of aromatic nitrogens is 2. The number of nitrogens with one attached hydrogen (secondary N) is 2. The summed E-state index contributed by atoms with van der Waals surface area (Å²) in [6, 6.07) is 5.65. The predicted octanol–water partition coefficient (Wildman–Crippen LogP) is 1.77. The molecule has 7 heteroatoms. The lowest BCUT2D eigenvalue weighted by molar-refractivity contribution is 0.0926. The van der Waals surface area contributed by atoms with Crippen LogP contribution in [0.25, 0.3) is 5.52 Å². The number of hydrogen-bond acceptors (Lipinski definition) is 4. The molecule has 1 aliphatic rings. The Morgan fingerprint density at radius 2 is 2.08 bits per heavy atom. The molecule has 3 rings (SSSR count). The molecular formula is C18H24N4O3. The molecule has 2 aromatic heterocycles. The van der Waals surface area contributed by atoms with Gasteiger partial charge in [0.2, 0.25) is 5.82 Å². The maximum absolute atomic E-state index is 12.6. The molecule has 2 aromatic rings. The number of pyridine rings is 1. The minimum absolute atomic E-state index is 0.204. The maximum Gasteiger partial charge on any atom is 0.287 e. The van der Waals surface area contributed by atoms with Crippen LogP contribution < -0.4 is 10.6 Å². The van der Waals surface area contributed by atoms with Crippen molar-refractivity contribution < 1.29 is 14.3 Å². The third kappa shape index (κ3) is 3.99. The number of nitrogens with zero attached hydrogens (tertiary/aromatic N) is 2. The number of fused-ring (bicyclic) bond motifs is 1. The van der Waals surface area contributed by atoms with Crippen LogP contribution >= 0.6 is 0 Å². The number of methoxy groups -OCH3 is 1. The van der Waals surface area contributed by atoms with Crippen molar-refractivity contribution in [1.82, 2.24) is 20.0 Å². The summed E-state index contributed by atoms with van der Waals surface area (Å²) in [5.74, 6) is -0.254. The standard InChI is InChI=1S/C18H24N4O3/c1-25-12-6-10-19-17(23)15-14-9-4-5-11-22(14)16(21-15)18(24)20-13-7-2-3-8-13/h4-5,9,11,13H,2-3,6-8,10,12H2,1H3,(H,19,23)(H,20,24). The summed E-state index contributed by atoms with van der Waals surface area (Å²) in [5, 5.41) is 5.85. The molecule has 2 heterocycles. The van der Waals surface area contributed by atoms with Gasteiger partial charge in [0.15, 0.2) is 5.69 Å². The van der Waals surface area contributed by atoms with Crippen LogP contribution in [0.5, 0.6) is 0 Å². The molecule has 0 saturated heterocycles. The Labute approximate surface area is 146 Å². The van der Waals surface area contributed by atoms with Gasteiger partial charge < -0.3 is 15.4 Å². The third-order valence-electron chi connectivity index (χ3n) is 4.47. The molecule has 7 nitrogen and oxygen atoms in total. The highest BCUT2D eigenvalue weighted by molar-refractivity contribution is 6.02. The van der Waals surface area contributed by atoms with Crippen LogP contribution in [0.4, 0.5) is 0 Å².